The Morgan fingerprint density at radius 1 is 1.00 bits per heavy atom. The number of amides is 1. The summed E-state index contributed by atoms with van der Waals surface area (Å²) in [4.78, 5) is 29.8. The van der Waals surface area contributed by atoms with Gasteiger partial charge in [0.2, 0.25) is 5.82 Å². The van der Waals surface area contributed by atoms with Gasteiger partial charge in [-0.1, -0.05) is 41.0 Å². The Balaban J connectivity index is 1.17. The van der Waals surface area contributed by atoms with Gasteiger partial charge in [-0.2, -0.15) is 4.98 Å². The normalized spacial score (nSPS) is 14.4. The van der Waals surface area contributed by atoms with Gasteiger partial charge < -0.3 is 9.42 Å². The lowest BCUT2D eigenvalue weighted by atomic mass is 10.1. The van der Waals surface area contributed by atoms with Gasteiger partial charge in [0.15, 0.2) is 0 Å². The van der Waals surface area contributed by atoms with E-state index in [2.05, 4.69) is 37.1 Å². The molecule has 0 radical (unpaired) electrons. The highest BCUT2D eigenvalue weighted by Gasteiger charge is 2.24. The van der Waals surface area contributed by atoms with E-state index < -0.39 is 0 Å². The van der Waals surface area contributed by atoms with Crippen LogP contribution >= 0.6 is 11.6 Å². The van der Waals surface area contributed by atoms with Crippen molar-refractivity contribution in [3.05, 3.63) is 82.9 Å². The van der Waals surface area contributed by atoms with E-state index in [1.165, 1.54) is 5.56 Å². The SMILES string of the molecule is Cc1ccc(C(=O)N2CCN(Cc3ccc(-c4noc(-c5cccnc5)n4)cc3)CC2)c(Cl)n1. The quantitative estimate of drug-likeness (QED) is 0.402. The second-order valence-corrected chi connectivity index (χ2v) is 8.58. The molecule has 0 N–H and O–H groups in total. The highest BCUT2D eigenvalue weighted by atomic mass is 35.5. The molecule has 0 saturated carbocycles. The van der Waals surface area contributed by atoms with Crippen molar-refractivity contribution >= 4 is 17.5 Å². The molecular formula is C25H23ClN6O2. The van der Waals surface area contributed by atoms with Gasteiger partial charge >= 0.3 is 0 Å². The number of aryl methyl sites for hydroxylation is 1. The molecule has 8 nitrogen and oxygen atoms in total. The molecule has 5 rings (SSSR count). The molecule has 1 fully saturated rings. The summed E-state index contributed by atoms with van der Waals surface area (Å²) in [5, 5.41) is 4.36. The van der Waals surface area contributed by atoms with Crippen LogP contribution in [0.25, 0.3) is 22.8 Å². The first-order chi connectivity index (χ1) is 16.6. The number of halogens is 1. The summed E-state index contributed by atoms with van der Waals surface area (Å²) in [5.74, 6) is 0.927. The number of hydrogen-bond donors (Lipinski definition) is 0. The fraction of sp³-hybridized carbons (Fsp3) is 0.240. The fourth-order valence-corrected chi connectivity index (χ4v) is 4.21. The molecule has 1 saturated heterocycles. The number of pyridine rings is 2. The summed E-state index contributed by atoms with van der Waals surface area (Å²) in [6.45, 7) is 5.56. The predicted octanol–water partition coefficient (Wildman–Crippen LogP) is 4.11. The van der Waals surface area contributed by atoms with E-state index in [0.717, 1.165) is 36.5 Å². The van der Waals surface area contributed by atoms with Gasteiger partial charge in [-0.15, -0.1) is 0 Å². The van der Waals surface area contributed by atoms with Crippen LogP contribution in [-0.2, 0) is 6.54 Å². The molecule has 3 aromatic heterocycles. The third-order valence-electron chi connectivity index (χ3n) is 5.83. The lowest BCUT2D eigenvalue weighted by Gasteiger charge is -2.34. The maximum absolute atomic E-state index is 12.8. The molecule has 1 amide bonds. The largest absolute Gasteiger partial charge is 0.336 e. The number of hydrogen-bond acceptors (Lipinski definition) is 7. The molecule has 0 aliphatic carbocycles. The van der Waals surface area contributed by atoms with E-state index in [1.54, 1.807) is 18.5 Å². The lowest BCUT2D eigenvalue weighted by Crippen LogP contribution is -2.48. The Labute approximate surface area is 202 Å². The van der Waals surface area contributed by atoms with Crippen molar-refractivity contribution in [2.75, 3.05) is 26.2 Å². The molecule has 4 aromatic rings. The fourth-order valence-electron chi connectivity index (χ4n) is 3.93. The van der Waals surface area contributed by atoms with Gasteiger partial charge in [-0.3, -0.25) is 14.7 Å². The highest BCUT2D eigenvalue weighted by Crippen LogP contribution is 2.23. The zero-order valence-corrected chi connectivity index (χ0v) is 19.4. The Morgan fingerprint density at radius 3 is 2.50 bits per heavy atom. The molecular weight excluding hydrogens is 452 g/mol. The van der Waals surface area contributed by atoms with Crippen molar-refractivity contribution in [2.24, 2.45) is 0 Å². The molecule has 34 heavy (non-hydrogen) atoms. The van der Waals surface area contributed by atoms with Crippen LogP contribution in [0.15, 0.2) is 65.4 Å². The zero-order chi connectivity index (χ0) is 23.5. The highest BCUT2D eigenvalue weighted by molar-refractivity contribution is 6.32. The zero-order valence-electron chi connectivity index (χ0n) is 18.7. The number of carbonyl (C=O) groups is 1. The maximum Gasteiger partial charge on any atom is 0.259 e. The van der Waals surface area contributed by atoms with Gasteiger partial charge in [0.05, 0.1) is 11.1 Å². The first-order valence-corrected chi connectivity index (χ1v) is 11.4. The van der Waals surface area contributed by atoms with Gasteiger partial charge in [0, 0.05) is 56.4 Å². The van der Waals surface area contributed by atoms with E-state index in [1.807, 2.05) is 42.2 Å². The first-order valence-electron chi connectivity index (χ1n) is 11.0. The minimum atomic E-state index is -0.0627. The molecule has 0 atom stereocenters. The predicted molar refractivity (Wildman–Crippen MR) is 128 cm³/mol. The van der Waals surface area contributed by atoms with E-state index in [9.17, 15) is 4.79 Å². The average molecular weight is 475 g/mol. The van der Waals surface area contributed by atoms with Crippen LogP contribution in [0.3, 0.4) is 0 Å². The van der Waals surface area contributed by atoms with Crippen molar-refractivity contribution in [1.82, 2.24) is 29.9 Å². The van der Waals surface area contributed by atoms with E-state index in [0.29, 0.717) is 30.4 Å². The molecule has 9 heteroatoms. The number of nitrogens with zero attached hydrogens (tertiary/aromatic N) is 6. The van der Waals surface area contributed by atoms with E-state index in [-0.39, 0.29) is 11.1 Å². The smallest absolute Gasteiger partial charge is 0.259 e. The standard InChI is InChI=1S/C25H23ClN6O2/c1-17-4-9-21(22(26)28-17)25(33)32-13-11-31(12-14-32)16-18-5-7-19(8-6-18)23-29-24(34-30-23)20-3-2-10-27-15-20/h2-10,15H,11-14,16H2,1H3. The second-order valence-electron chi connectivity index (χ2n) is 8.22. The van der Waals surface area contributed by atoms with Crippen molar-refractivity contribution in [2.45, 2.75) is 13.5 Å². The van der Waals surface area contributed by atoms with Crippen molar-refractivity contribution in [3.63, 3.8) is 0 Å². The van der Waals surface area contributed by atoms with Crippen LogP contribution in [0.2, 0.25) is 5.15 Å². The Morgan fingerprint density at radius 2 is 1.79 bits per heavy atom. The van der Waals surface area contributed by atoms with E-state index in [4.69, 9.17) is 16.1 Å². The summed E-state index contributed by atoms with van der Waals surface area (Å²) in [7, 11) is 0. The van der Waals surface area contributed by atoms with Gasteiger partial charge in [-0.05, 0) is 36.8 Å². The van der Waals surface area contributed by atoms with Crippen molar-refractivity contribution in [3.8, 4) is 22.8 Å². The van der Waals surface area contributed by atoms with Crippen LogP contribution in [0.5, 0.6) is 0 Å². The molecule has 1 aromatic carbocycles. The monoisotopic (exact) mass is 474 g/mol. The number of rotatable bonds is 5. The summed E-state index contributed by atoms with van der Waals surface area (Å²) in [5.41, 5.74) is 4.12. The summed E-state index contributed by atoms with van der Waals surface area (Å²) in [6.07, 6.45) is 3.40. The number of benzene rings is 1. The van der Waals surface area contributed by atoms with Crippen LogP contribution in [-0.4, -0.2) is 62.0 Å². The molecule has 0 bridgehead atoms. The van der Waals surface area contributed by atoms with Crippen molar-refractivity contribution < 1.29 is 9.32 Å². The Kier molecular flexibility index (Phi) is 6.33. The third-order valence-corrected chi connectivity index (χ3v) is 6.12. The van der Waals surface area contributed by atoms with Crippen LogP contribution in [0.4, 0.5) is 0 Å². The molecule has 1 aliphatic heterocycles. The molecule has 0 spiro atoms. The molecule has 4 heterocycles. The summed E-state index contributed by atoms with van der Waals surface area (Å²) in [6, 6.07) is 15.4. The Hall–Kier alpha value is -3.62. The minimum absolute atomic E-state index is 0.0627. The van der Waals surface area contributed by atoms with Crippen LogP contribution in [0.1, 0.15) is 21.6 Å². The molecule has 1 aliphatic rings. The molecule has 172 valence electrons. The molecule has 0 unspecified atom stereocenters. The van der Waals surface area contributed by atoms with Crippen LogP contribution in [0, 0.1) is 6.92 Å². The van der Waals surface area contributed by atoms with Gasteiger partial charge in [0.1, 0.15) is 5.15 Å². The Bertz CT molecular complexity index is 1280. The minimum Gasteiger partial charge on any atom is -0.336 e. The topological polar surface area (TPSA) is 88.3 Å². The second kappa shape index (κ2) is 9.70. The van der Waals surface area contributed by atoms with Crippen molar-refractivity contribution in [1.29, 1.82) is 0 Å². The third kappa shape index (κ3) is 4.83. The summed E-state index contributed by atoms with van der Waals surface area (Å²) >= 11 is 6.18. The van der Waals surface area contributed by atoms with E-state index >= 15 is 0 Å². The van der Waals surface area contributed by atoms with Crippen LogP contribution < -0.4 is 0 Å². The number of piperazine rings is 1. The lowest BCUT2D eigenvalue weighted by molar-refractivity contribution is 0.0628. The number of aromatic nitrogens is 4. The number of carbonyl (C=O) groups excluding carboxylic acids is 1. The first kappa shape index (κ1) is 22.2. The van der Waals surface area contributed by atoms with Gasteiger partial charge in [0.25, 0.3) is 11.8 Å². The average Bonchev–Trinajstić information content (AvgIpc) is 3.36. The van der Waals surface area contributed by atoms with Gasteiger partial charge in [-0.25, -0.2) is 4.98 Å². The summed E-state index contributed by atoms with van der Waals surface area (Å²) < 4.78 is 5.38. The maximum atomic E-state index is 12.8.